The van der Waals surface area contributed by atoms with E-state index in [0.29, 0.717) is 32.4 Å². The first-order valence-corrected chi connectivity index (χ1v) is 5.70. The van der Waals surface area contributed by atoms with Crippen molar-refractivity contribution in [2.45, 2.75) is 32.6 Å². The number of carboxylic acids is 1. The van der Waals surface area contributed by atoms with Gasteiger partial charge in [-0.25, -0.2) is 0 Å². The quantitative estimate of drug-likeness (QED) is 0.740. The number of carbonyl (C=O) groups is 2. The number of hydrogen-bond donors (Lipinski definition) is 1. The summed E-state index contributed by atoms with van der Waals surface area (Å²) in [4.78, 5) is 24.3. The van der Waals surface area contributed by atoms with Crippen LogP contribution in [-0.2, 0) is 9.59 Å². The maximum Gasteiger partial charge on any atom is 0.309 e. The van der Waals surface area contributed by atoms with Gasteiger partial charge >= 0.3 is 5.97 Å². The molecule has 0 spiro atoms. The summed E-state index contributed by atoms with van der Waals surface area (Å²) in [5.41, 5.74) is -0.618. The predicted molar refractivity (Wildman–Crippen MR) is 61.0 cm³/mol. The average molecular weight is 225 g/mol. The van der Waals surface area contributed by atoms with E-state index in [2.05, 4.69) is 6.58 Å². The fraction of sp³-hybridized carbons (Fsp3) is 0.667. The molecule has 1 heterocycles. The van der Waals surface area contributed by atoms with Crippen LogP contribution in [0, 0.1) is 5.41 Å². The van der Waals surface area contributed by atoms with Crippen LogP contribution in [0.15, 0.2) is 12.7 Å². The summed E-state index contributed by atoms with van der Waals surface area (Å²) in [7, 11) is 0. The Labute approximate surface area is 95.9 Å². The van der Waals surface area contributed by atoms with Crippen LogP contribution in [0.2, 0.25) is 0 Å². The molecule has 1 N–H and O–H groups in total. The van der Waals surface area contributed by atoms with Crippen molar-refractivity contribution in [2.24, 2.45) is 5.41 Å². The van der Waals surface area contributed by atoms with Gasteiger partial charge in [-0.1, -0.05) is 19.9 Å². The summed E-state index contributed by atoms with van der Waals surface area (Å²) < 4.78 is 0. The van der Waals surface area contributed by atoms with Crippen molar-refractivity contribution in [3.8, 4) is 0 Å². The van der Waals surface area contributed by atoms with Crippen molar-refractivity contribution < 1.29 is 14.7 Å². The second-order valence-electron chi connectivity index (χ2n) is 4.36. The summed E-state index contributed by atoms with van der Waals surface area (Å²) in [6.07, 6.45) is 3.94. The molecule has 1 amide bonds. The smallest absolute Gasteiger partial charge is 0.309 e. The summed E-state index contributed by atoms with van der Waals surface area (Å²) in [5, 5.41) is 9.28. The Morgan fingerprint density at radius 2 is 2.00 bits per heavy atom. The summed E-state index contributed by atoms with van der Waals surface area (Å²) in [6.45, 7) is 6.48. The molecule has 0 aromatic rings. The van der Waals surface area contributed by atoms with Crippen molar-refractivity contribution in [3.05, 3.63) is 12.7 Å². The van der Waals surface area contributed by atoms with Crippen LogP contribution in [0.25, 0.3) is 0 Å². The third kappa shape index (κ3) is 2.43. The van der Waals surface area contributed by atoms with E-state index in [1.807, 2.05) is 6.92 Å². The minimum absolute atomic E-state index is 0.101. The lowest BCUT2D eigenvalue weighted by Gasteiger charge is -2.38. The number of nitrogens with zero attached hydrogens (tertiary/aromatic N) is 1. The zero-order valence-corrected chi connectivity index (χ0v) is 9.74. The maximum absolute atomic E-state index is 11.4. The van der Waals surface area contributed by atoms with Gasteiger partial charge in [-0.3, -0.25) is 9.59 Å². The van der Waals surface area contributed by atoms with Crippen LogP contribution in [0.1, 0.15) is 32.6 Å². The fourth-order valence-corrected chi connectivity index (χ4v) is 2.33. The molecule has 0 aromatic heterocycles. The van der Waals surface area contributed by atoms with Crippen LogP contribution in [0.5, 0.6) is 0 Å². The topological polar surface area (TPSA) is 57.6 Å². The van der Waals surface area contributed by atoms with Gasteiger partial charge in [0.05, 0.1) is 5.41 Å². The van der Waals surface area contributed by atoms with Crippen LogP contribution >= 0.6 is 0 Å². The van der Waals surface area contributed by atoms with Gasteiger partial charge in [-0.05, 0) is 25.3 Å². The number of likely N-dealkylation sites (tertiary alicyclic amines) is 1. The standard InChI is InChI=1S/C12H19NO3/c1-3-5-12(11(15)16)6-8-13(9-7-12)10(14)4-2/h4H,2-3,5-9H2,1H3,(H,15,16). The van der Waals surface area contributed by atoms with Crippen molar-refractivity contribution in [1.82, 2.24) is 4.90 Å². The lowest BCUT2D eigenvalue weighted by molar-refractivity contribution is -0.154. The Morgan fingerprint density at radius 1 is 1.44 bits per heavy atom. The first-order chi connectivity index (χ1) is 7.55. The molecule has 1 fully saturated rings. The SMILES string of the molecule is C=CC(=O)N1CCC(CCC)(C(=O)O)CC1. The molecule has 1 saturated heterocycles. The van der Waals surface area contributed by atoms with E-state index in [1.165, 1.54) is 6.08 Å². The van der Waals surface area contributed by atoms with Gasteiger partial charge in [0, 0.05) is 13.1 Å². The normalized spacial score (nSPS) is 19.2. The van der Waals surface area contributed by atoms with Gasteiger partial charge in [-0.15, -0.1) is 0 Å². The summed E-state index contributed by atoms with van der Waals surface area (Å²) in [5.74, 6) is -0.824. The second kappa shape index (κ2) is 5.14. The van der Waals surface area contributed by atoms with E-state index in [-0.39, 0.29) is 5.91 Å². The van der Waals surface area contributed by atoms with Crippen molar-refractivity contribution >= 4 is 11.9 Å². The number of carboxylic acid groups (broad SMARTS) is 1. The van der Waals surface area contributed by atoms with E-state index >= 15 is 0 Å². The molecule has 4 heteroatoms. The average Bonchev–Trinajstić information content (AvgIpc) is 2.29. The number of carbonyl (C=O) groups excluding carboxylic acids is 1. The van der Waals surface area contributed by atoms with E-state index in [9.17, 15) is 14.7 Å². The van der Waals surface area contributed by atoms with Crippen molar-refractivity contribution in [1.29, 1.82) is 0 Å². The second-order valence-corrected chi connectivity index (χ2v) is 4.36. The molecule has 0 radical (unpaired) electrons. The first kappa shape index (κ1) is 12.7. The third-order valence-corrected chi connectivity index (χ3v) is 3.39. The molecule has 0 saturated carbocycles. The number of piperidine rings is 1. The van der Waals surface area contributed by atoms with E-state index in [4.69, 9.17) is 0 Å². The molecular formula is C12H19NO3. The molecule has 0 atom stereocenters. The lowest BCUT2D eigenvalue weighted by Crippen LogP contribution is -2.46. The number of hydrogen-bond acceptors (Lipinski definition) is 2. The zero-order valence-electron chi connectivity index (χ0n) is 9.74. The van der Waals surface area contributed by atoms with Gasteiger partial charge < -0.3 is 10.0 Å². The van der Waals surface area contributed by atoms with Gasteiger partial charge in [0.25, 0.3) is 0 Å². The Morgan fingerprint density at radius 3 is 2.38 bits per heavy atom. The first-order valence-electron chi connectivity index (χ1n) is 5.70. The molecule has 1 aliphatic heterocycles. The van der Waals surface area contributed by atoms with Gasteiger partial charge in [-0.2, -0.15) is 0 Å². The molecule has 1 rings (SSSR count). The molecule has 4 nitrogen and oxygen atoms in total. The summed E-state index contributed by atoms with van der Waals surface area (Å²) in [6, 6.07) is 0. The largest absolute Gasteiger partial charge is 0.481 e. The highest BCUT2D eigenvalue weighted by molar-refractivity contribution is 5.87. The number of rotatable bonds is 4. The van der Waals surface area contributed by atoms with Crippen LogP contribution < -0.4 is 0 Å². The minimum Gasteiger partial charge on any atom is -0.481 e. The molecule has 0 bridgehead atoms. The van der Waals surface area contributed by atoms with Gasteiger partial charge in [0.1, 0.15) is 0 Å². The minimum atomic E-state index is -0.722. The Hall–Kier alpha value is -1.32. The molecule has 1 aliphatic rings. The number of aliphatic carboxylic acids is 1. The fourth-order valence-electron chi connectivity index (χ4n) is 2.33. The molecule has 16 heavy (non-hydrogen) atoms. The van der Waals surface area contributed by atoms with Crippen LogP contribution in [-0.4, -0.2) is 35.0 Å². The van der Waals surface area contributed by atoms with E-state index in [1.54, 1.807) is 4.90 Å². The third-order valence-electron chi connectivity index (χ3n) is 3.39. The lowest BCUT2D eigenvalue weighted by atomic mass is 9.75. The van der Waals surface area contributed by atoms with Gasteiger partial charge in [0.2, 0.25) is 5.91 Å². The zero-order chi connectivity index (χ0) is 12.2. The molecule has 90 valence electrons. The van der Waals surface area contributed by atoms with Crippen LogP contribution in [0.4, 0.5) is 0 Å². The molecule has 0 aromatic carbocycles. The highest BCUT2D eigenvalue weighted by Crippen LogP contribution is 2.36. The Balaban J connectivity index is 2.66. The Kier molecular flexibility index (Phi) is 4.10. The highest BCUT2D eigenvalue weighted by Gasteiger charge is 2.41. The molecule has 0 aliphatic carbocycles. The highest BCUT2D eigenvalue weighted by atomic mass is 16.4. The number of amides is 1. The van der Waals surface area contributed by atoms with Crippen molar-refractivity contribution in [3.63, 3.8) is 0 Å². The van der Waals surface area contributed by atoms with Crippen LogP contribution in [0.3, 0.4) is 0 Å². The monoisotopic (exact) mass is 225 g/mol. The predicted octanol–water partition coefficient (Wildman–Crippen LogP) is 1.67. The molecule has 0 unspecified atom stereocenters. The van der Waals surface area contributed by atoms with Crippen molar-refractivity contribution in [2.75, 3.05) is 13.1 Å². The van der Waals surface area contributed by atoms with Gasteiger partial charge in [0.15, 0.2) is 0 Å². The Bertz CT molecular complexity index is 291. The van der Waals surface area contributed by atoms with E-state index < -0.39 is 11.4 Å². The molecular weight excluding hydrogens is 206 g/mol. The summed E-state index contributed by atoms with van der Waals surface area (Å²) >= 11 is 0. The maximum atomic E-state index is 11.4. The van der Waals surface area contributed by atoms with E-state index in [0.717, 1.165) is 6.42 Å².